The fraction of sp³-hybridized carbons (Fsp3) is 0. The van der Waals surface area contributed by atoms with Crippen LogP contribution >= 0.6 is 0 Å². The van der Waals surface area contributed by atoms with Gasteiger partial charge in [-0.05, 0) is 6.07 Å². The first-order valence-corrected chi connectivity index (χ1v) is 12.2. The Kier molecular flexibility index (Phi) is 6.45. The molecule has 8 N–H and O–H groups in total. The summed E-state index contributed by atoms with van der Waals surface area (Å²) in [5, 5.41) is 30.3. The van der Waals surface area contributed by atoms with Gasteiger partial charge in [-0.15, -0.1) is 0 Å². The van der Waals surface area contributed by atoms with Crippen molar-refractivity contribution in [2.24, 2.45) is 0 Å². The first-order valence-electron chi connectivity index (χ1n) is 9.27. The molecule has 0 aliphatic carbocycles. The number of aromatic hydroxyl groups is 2. The van der Waals surface area contributed by atoms with Crippen molar-refractivity contribution in [2.75, 3.05) is 11.5 Å². The molecule has 0 aromatic heterocycles. The predicted molar refractivity (Wildman–Crippen MR) is 126 cm³/mol. The summed E-state index contributed by atoms with van der Waals surface area (Å²) >= 11 is 0. The van der Waals surface area contributed by atoms with E-state index in [1.54, 1.807) is 18.2 Å². The van der Waals surface area contributed by atoms with Crippen molar-refractivity contribution in [1.29, 1.82) is 0 Å². The maximum absolute atomic E-state index is 11.2. The molecule has 35 heavy (non-hydrogen) atoms. The molecule has 15 heteroatoms. The van der Waals surface area contributed by atoms with Crippen LogP contribution in [0.25, 0.3) is 21.5 Å². The molecule has 0 heterocycles. The molecule has 4 aromatic rings. The van der Waals surface area contributed by atoms with Crippen molar-refractivity contribution in [3.8, 4) is 11.5 Å². The van der Waals surface area contributed by atoms with Crippen LogP contribution in [0.15, 0.2) is 64.4 Å². The van der Waals surface area contributed by atoms with Crippen LogP contribution in [-0.2, 0) is 20.2 Å². The van der Waals surface area contributed by atoms with Crippen LogP contribution in [0.5, 0.6) is 11.5 Å². The van der Waals surface area contributed by atoms with Gasteiger partial charge in [0.2, 0.25) is 0 Å². The van der Waals surface area contributed by atoms with Crippen LogP contribution < -0.4 is 11.5 Å². The number of benzene rings is 4. The van der Waals surface area contributed by atoms with Crippen molar-refractivity contribution in [3.05, 3.63) is 64.7 Å². The third-order valence-corrected chi connectivity index (χ3v) is 6.68. The van der Waals surface area contributed by atoms with E-state index in [4.69, 9.17) is 20.6 Å². The van der Waals surface area contributed by atoms with Crippen LogP contribution in [0.3, 0.4) is 0 Å². The van der Waals surface area contributed by atoms with Gasteiger partial charge in [0, 0.05) is 45.8 Å². The normalized spacial score (nSPS) is 11.7. The summed E-state index contributed by atoms with van der Waals surface area (Å²) in [6, 6.07) is 11.3. The minimum Gasteiger partial charge on any atom is -0.506 e. The van der Waals surface area contributed by atoms with Crippen LogP contribution in [0.2, 0.25) is 0 Å². The molecule has 0 saturated carbocycles. The number of nitro groups is 1. The quantitative estimate of drug-likeness (QED) is 0.0746. The summed E-state index contributed by atoms with van der Waals surface area (Å²) in [6.45, 7) is 0. The lowest BCUT2D eigenvalue weighted by atomic mass is 10.1. The van der Waals surface area contributed by atoms with E-state index in [1.165, 1.54) is 12.1 Å². The zero-order chi connectivity index (χ0) is 26.3. The number of hydrogen-bond acceptors (Lipinski definition) is 10. The Morgan fingerprint density at radius 2 is 1.11 bits per heavy atom. The molecule has 0 fully saturated rings. The lowest BCUT2D eigenvalue weighted by Gasteiger charge is -2.08. The lowest BCUT2D eigenvalue weighted by Crippen LogP contribution is -2.01. The van der Waals surface area contributed by atoms with Crippen molar-refractivity contribution < 1.29 is 41.1 Å². The molecule has 4 aromatic carbocycles. The molecule has 13 nitrogen and oxygen atoms in total. The second-order valence-corrected chi connectivity index (χ2v) is 9.88. The van der Waals surface area contributed by atoms with Gasteiger partial charge >= 0.3 is 0 Å². The van der Waals surface area contributed by atoms with Crippen LogP contribution in [0.4, 0.5) is 17.1 Å². The molecule has 0 radical (unpaired) electrons. The number of non-ortho nitro benzene ring substituents is 1. The molecule has 0 saturated heterocycles. The monoisotopic (exact) mass is 523 g/mol. The number of nitrogens with two attached hydrogens (primary N) is 2. The first kappa shape index (κ1) is 25.4. The van der Waals surface area contributed by atoms with E-state index in [9.17, 15) is 37.2 Å². The molecular formula is C20H17N3O10S2. The number of hydrogen-bond donors (Lipinski definition) is 6. The lowest BCUT2D eigenvalue weighted by molar-refractivity contribution is -0.384. The number of phenols is 2. The largest absolute Gasteiger partial charge is 0.506 e. The second kappa shape index (κ2) is 8.88. The topological polar surface area (TPSA) is 244 Å². The zero-order valence-corrected chi connectivity index (χ0v) is 19.0. The number of phenolic OH excluding ortho intramolecular Hbond substituents is 2. The number of rotatable bonds is 3. The van der Waals surface area contributed by atoms with Gasteiger partial charge in [-0.25, -0.2) is 0 Å². The third kappa shape index (κ3) is 5.02. The molecule has 0 aliphatic heterocycles. The van der Waals surface area contributed by atoms with E-state index < -0.39 is 35.8 Å². The molecule has 4 rings (SSSR count). The minimum absolute atomic E-state index is 0.0861. The van der Waals surface area contributed by atoms with Crippen LogP contribution in [0, 0.1) is 10.1 Å². The van der Waals surface area contributed by atoms with Gasteiger partial charge in [0.05, 0.1) is 16.3 Å². The maximum atomic E-state index is 11.2. The highest BCUT2D eigenvalue weighted by Crippen LogP contribution is 2.37. The van der Waals surface area contributed by atoms with E-state index in [-0.39, 0.29) is 43.9 Å². The molecule has 0 unspecified atom stereocenters. The summed E-state index contributed by atoms with van der Waals surface area (Å²) in [7, 11) is -9.03. The summed E-state index contributed by atoms with van der Waals surface area (Å²) in [6.07, 6.45) is 0. The van der Waals surface area contributed by atoms with Crippen LogP contribution in [-0.4, -0.2) is 41.1 Å². The highest BCUT2D eigenvalue weighted by Gasteiger charge is 2.21. The average Bonchev–Trinajstić information content (AvgIpc) is 2.77. The first-order chi connectivity index (χ1) is 16.1. The molecule has 0 aliphatic rings. The van der Waals surface area contributed by atoms with E-state index >= 15 is 0 Å². The van der Waals surface area contributed by atoms with Gasteiger partial charge in [0.25, 0.3) is 25.9 Å². The highest BCUT2D eigenvalue weighted by atomic mass is 32.2. The number of nitrogens with zero attached hydrogens (tertiary/aromatic N) is 1. The summed E-state index contributed by atoms with van der Waals surface area (Å²) in [5.74, 6) is -0.902. The summed E-state index contributed by atoms with van der Waals surface area (Å²) < 4.78 is 62.8. The summed E-state index contributed by atoms with van der Waals surface area (Å²) in [5.41, 5.74) is 10.8. The third-order valence-electron chi connectivity index (χ3n) is 4.90. The fourth-order valence-electron chi connectivity index (χ4n) is 3.28. The van der Waals surface area contributed by atoms with E-state index in [2.05, 4.69) is 0 Å². The van der Waals surface area contributed by atoms with Crippen molar-refractivity contribution in [1.82, 2.24) is 0 Å². The maximum Gasteiger partial charge on any atom is 0.295 e. The van der Waals surface area contributed by atoms with Gasteiger partial charge in [0.15, 0.2) is 0 Å². The van der Waals surface area contributed by atoms with Gasteiger partial charge in [0.1, 0.15) is 21.3 Å². The van der Waals surface area contributed by atoms with E-state index in [1.807, 2.05) is 0 Å². The Bertz CT molecular complexity index is 1720. The second-order valence-electron chi connectivity index (χ2n) is 7.10. The molecule has 184 valence electrons. The molecule has 0 bridgehead atoms. The van der Waals surface area contributed by atoms with Crippen molar-refractivity contribution in [3.63, 3.8) is 0 Å². The molecule has 0 spiro atoms. The number of nitro benzene ring substituents is 1. The van der Waals surface area contributed by atoms with Gasteiger partial charge < -0.3 is 21.7 Å². The van der Waals surface area contributed by atoms with E-state index in [0.717, 1.165) is 24.3 Å². The Labute approximate surface area is 197 Å². The smallest absolute Gasteiger partial charge is 0.295 e. The van der Waals surface area contributed by atoms with Crippen molar-refractivity contribution in [2.45, 2.75) is 9.79 Å². The van der Waals surface area contributed by atoms with Gasteiger partial charge in [-0.3, -0.25) is 19.2 Å². The molecular weight excluding hydrogens is 506 g/mol. The SMILES string of the molecule is Nc1c(O)cc(S(=O)(=O)O)c2cc([N+](=O)[O-])ccc12.Nc1c(O)cc(S(=O)(=O)O)c2ccccc12. The number of fused-ring (bicyclic) bond motifs is 2. The average molecular weight is 524 g/mol. The Morgan fingerprint density at radius 3 is 1.57 bits per heavy atom. The Balaban J connectivity index is 0.000000198. The van der Waals surface area contributed by atoms with E-state index in [0.29, 0.717) is 5.39 Å². The fourth-order valence-corrected chi connectivity index (χ4v) is 4.70. The highest BCUT2D eigenvalue weighted by molar-refractivity contribution is 7.86. The summed E-state index contributed by atoms with van der Waals surface area (Å²) in [4.78, 5) is 8.97. The van der Waals surface area contributed by atoms with Crippen molar-refractivity contribution >= 4 is 58.8 Å². The number of nitrogen functional groups attached to an aromatic ring is 2. The Morgan fingerprint density at radius 1 is 0.686 bits per heavy atom. The molecule has 0 amide bonds. The Hall–Kier alpha value is -4.18. The van der Waals surface area contributed by atoms with Gasteiger partial charge in [-0.1, -0.05) is 24.3 Å². The predicted octanol–water partition coefficient (Wildman–Crippen LogP) is 2.66. The zero-order valence-electron chi connectivity index (χ0n) is 17.4. The van der Waals surface area contributed by atoms with Crippen LogP contribution in [0.1, 0.15) is 0 Å². The number of anilines is 2. The minimum atomic E-state index is -4.65. The molecule has 0 atom stereocenters. The van der Waals surface area contributed by atoms with Gasteiger partial charge in [-0.2, -0.15) is 16.8 Å². The standard InChI is InChI=1S/C10H8N2O6S.C10H9NO4S/c11-10-6-2-1-5(12(14)15)3-7(6)9(4-8(10)13)19(16,17)18;11-10-7-4-2-1-3-6(7)9(5-8(10)12)16(13,14)15/h1-4,13H,11H2,(H,16,17,18);1-5,12H,11H2,(H,13,14,15).